The zero-order chi connectivity index (χ0) is 25.6. The molecule has 3 heterocycles. The summed E-state index contributed by atoms with van der Waals surface area (Å²) >= 11 is 5.84. The maximum absolute atomic E-state index is 14.8. The summed E-state index contributed by atoms with van der Waals surface area (Å²) in [6, 6.07) is 14.6. The van der Waals surface area contributed by atoms with Crippen LogP contribution >= 0.6 is 11.6 Å². The van der Waals surface area contributed by atoms with Crippen molar-refractivity contribution in [1.29, 1.82) is 0 Å². The van der Waals surface area contributed by atoms with Crippen molar-refractivity contribution < 1.29 is 17.9 Å². The maximum atomic E-state index is 14.8. The van der Waals surface area contributed by atoms with Crippen LogP contribution in [0, 0.1) is 5.82 Å². The zero-order valence-electron chi connectivity index (χ0n) is 19.8. The SMILES string of the molecule is Cn1nc(-c2ccc(Cl)c(O)c2F)c2cnc(N3CCN(S(C)(=O)=O)C[C@H]3Cc3ccccc3)cc21. The van der Waals surface area contributed by atoms with Gasteiger partial charge in [-0.25, -0.2) is 17.8 Å². The van der Waals surface area contributed by atoms with Gasteiger partial charge in [0, 0.05) is 55.9 Å². The van der Waals surface area contributed by atoms with Crippen LogP contribution in [-0.4, -0.2) is 64.5 Å². The highest BCUT2D eigenvalue weighted by Gasteiger charge is 2.32. The van der Waals surface area contributed by atoms with Crippen LogP contribution in [0.5, 0.6) is 5.75 Å². The lowest BCUT2D eigenvalue weighted by Gasteiger charge is -2.41. The molecule has 188 valence electrons. The predicted molar refractivity (Wildman–Crippen MR) is 138 cm³/mol. The number of phenolic OH excluding ortho intramolecular Hbond substituents is 1. The summed E-state index contributed by atoms with van der Waals surface area (Å²) in [4.78, 5) is 6.79. The molecule has 0 saturated carbocycles. The lowest BCUT2D eigenvalue weighted by molar-refractivity contribution is 0.331. The van der Waals surface area contributed by atoms with E-state index in [-0.39, 0.29) is 16.6 Å². The highest BCUT2D eigenvalue weighted by molar-refractivity contribution is 7.88. The Kier molecular flexibility index (Phi) is 6.36. The molecule has 2 aromatic carbocycles. The predicted octanol–water partition coefficient (Wildman–Crippen LogP) is 3.83. The molecule has 36 heavy (non-hydrogen) atoms. The van der Waals surface area contributed by atoms with Crippen LogP contribution in [0.15, 0.2) is 54.7 Å². The van der Waals surface area contributed by atoms with Gasteiger partial charge in [-0.1, -0.05) is 41.9 Å². The molecule has 1 saturated heterocycles. The third-order valence-corrected chi connectivity index (χ3v) is 8.14. The normalized spacial score (nSPS) is 17.1. The van der Waals surface area contributed by atoms with Crippen molar-refractivity contribution >= 4 is 38.3 Å². The van der Waals surface area contributed by atoms with Crippen LogP contribution in [0.25, 0.3) is 22.2 Å². The number of sulfonamides is 1. The van der Waals surface area contributed by atoms with Crippen LogP contribution in [-0.2, 0) is 23.5 Å². The number of aryl methyl sites for hydroxylation is 1. The number of benzene rings is 2. The first kappa shape index (κ1) is 24.5. The number of aromatic hydroxyl groups is 1. The Balaban J connectivity index is 1.54. The second-order valence-corrected chi connectivity index (χ2v) is 11.3. The minimum atomic E-state index is -3.33. The second-order valence-electron chi connectivity index (χ2n) is 8.95. The van der Waals surface area contributed by atoms with E-state index in [0.717, 1.165) is 11.1 Å². The molecule has 1 fully saturated rings. The van der Waals surface area contributed by atoms with E-state index in [0.29, 0.717) is 43.0 Å². The molecule has 0 spiro atoms. The van der Waals surface area contributed by atoms with Gasteiger partial charge in [0.05, 0.1) is 16.8 Å². The summed E-state index contributed by atoms with van der Waals surface area (Å²) in [5.41, 5.74) is 2.30. The van der Waals surface area contributed by atoms with E-state index in [2.05, 4.69) is 15.0 Å². The Bertz CT molecular complexity index is 1540. The molecule has 1 N–H and O–H groups in total. The number of fused-ring (bicyclic) bond motifs is 1. The first-order chi connectivity index (χ1) is 17.1. The Labute approximate surface area is 213 Å². The number of phenols is 1. The molecule has 0 radical (unpaired) electrons. The number of halogens is 2. The van der Waals surface area contributed by atoms with E-state index in [9.17, 15) is 17.9 Å². The highest BCUT2D eigenvalue weighted by atomic mass is 35.5. The van der Waals surface area contributed by atoms with Gasteiger partial charge in [0.1, 0.15) is 11.5 Å². The van der Waals surface area contributed by atoms with Crippen LogP contribution in [0.2, 0.25) is 5.02 Å². The van der Waals surface area contributed by atoms with Crippen LogP contribution in [0.4, 0.5) is 10.2 Å². The number of nitrogens with zero attached hydrogens (tertiary/aromatic N) is 5. The van der Waals surface area contributed by atoms with Gasteiger partial charge in [-0.3, -0.25) is 4.68 Å². The second kappa shape index (κ2) is 9.34. The fourth-order valence-electron chi connectivity index (χ4n) is 4.71. The summed E-state index contributed by atoms with van der Waals surface area (Å²) in [6.07, 6.45) is 3.52. The van der Waals surface area contributed by atoms with E-state index >= 15 is 0 Å². The molecule has 0 amide bonds. The fourth-order valence-corrected chi connectivity index (χ4v) is 5.71. The van der Waals surface area contributed by atoms with Gasteiger partial charge in [-0.05, 0) is 24.1 Å². The van der Waals surface area contributed by atoms with Crippen molar-refractivity contribution in [3.8, 4) is 17.0 Å². The molecular formula is C25H25ClFN5O3S. The first-order valence-electron chi connectivity index (χ1n) is 11.4. The van der Waals surface area contributed by atoms with E-state index in [1.807, 2.05) is 36.4 Å². The standard InChI is InChI=1S/C25H25ClFN5O3S/c1-30-21-13-22(28-14-19(21)24(29-30)18-8-9-20(26)25(33)23(18)27)32-11-10-31(36(2,34)35)15-17(32)12-16-6-4-3-5-7-16/h3-9,13-14,17,33H,10-12,15H2,1-2H3/t17-/m1/s1. The molecule has 5 rings (SSSR count). The molecule has 4 aromatic rings. The molecule has 0 bridgehead atoms. The minimum absolute atomic E-state index is 0.0745. The Morgan fingerprint density at radius 1 is 1.17 bits per heavy atom. The third-order valence-electron chi connectivity index (χ3n) is 6.57. The summed E-state index contributed by atoms with van der Waals surface area (Å²) in [7, 11) is -1.57. The van der Waals surface area contributed by atoms with E-state index in [4.69, 9.17) is 11.6 Å². The third kappa shape index (κ3) is 4.52. The molecule has 11 heteroatoms. The molecule has 1 atom stereocenters. The van der Waals surface area contributed by atoms with Gasteiger partial charge in [-0.15, -0.1) is 0 Å². The van der Waals surface area contributed by atoms with Crippen LogP contribution in [0.3, 0.4) is 0 Å². The van der Waals surface area contributed by atoms with Gasteiger partial charge in [-0.2, -0.15) is 9.40 Å². The van der Waals surface area contributed by atoms with Crippen molar-refractivity contribution in [2.24, 2.45) is 7.05 Å². The van der Waals surface area contributed by atoms with Gasteiger partial charge >= 0.3 is 0 Å². The molecule has 0 aliphatic carbocycles. The number of pyridine rings is 1. The number of anilines is 1. The average Bonchev–Trinajstić information content (AvgIpc) is 3.18. The van der Waals surface area contributed by atoms with E-state index in [1.54, 1.807) is 17.9 Å². The van der Waals surface area contributed by atoms with Crippen LogP contribution in [0.1, 0.15) is 5.56 Å². The summed E-state index contributed by atoms with van der Waals surface area (Å²) in [5.74, 6) is -0.776. The smallest absolute Gasteiger partial charge is 0.211 e. The number of aromatic nitrogens is 3. The Hall–Kier alpha value is -3.21. The fraction of sp³-hybridized carbons (Fsp3) is 0.280. The maximum Gasteiger partial charge on any atom is 0.211 e. The quantitative estimate of drug-likeness (QED) is 0.422. The number of hydrogen-bond acceptors (Lipinski definition) is 6. The average molecular weight is 530 g/mol. The topological polar surface area (TPSA) is 91.6 Å². The minimum Gasteiger partial charge on any atom is -0.504 e. The molecule has 1 aliphatic rings. The van der Waals surface area contributed by atoms with Crippen molar-refractivity contribution in [3.63, 3.8) is 0 Å². The number of hydrogen-bond donors (Lipinski definition) is 1. The molecule has 0 unspecified atom stereocenters. The first-order valence-corrected chi connectivity index (χ1v) is 13.6. The van der Waals surface area contributed by atoms with Crippen molar-refractivity contribution in [2.75, 3.05) is 30.8 Å². The van der Waals surface area contributed by atoms with E-state index in [1.165, 1.54) is 22.7 Å². The number of piperazine rings is 1. The zero-order valence-corrected chi connectivity index (χ0v) is 21.3. The lowest BCUT2D eigenvalue weighted by atomic mass is 10.0. The van der Waals surface area contributed by atoms with E-state index < -0.39 is 21.6 Å². The Morgan fingerprint density at radius 3 is 2.64 bits per heavy atom. The molecule has 8 nitrogen and oxygen atoms in total. The molecule has 1 aliphatic heterocycles. The highest BCUT2D eigenvalue weighted by Crippen LogP contribution is 2.37. The molecule has 2 aromatic heterocycles. The van der Waals surface area contributed by atoms with Gasteiger partial charge in [0.25, 0.3) is 0 Å². The van der Waals surface area contributed by atoms with Crippen molar-refractivity contribution in [3.05, 3.63) is 71.1 Å². The van der Waals surface area contributed by atoms with Crippen molar-refractivity contribution in [2.45, 2.75) is 12.5 Å². The Morgan fingerprint density at radius 2 is 1.92 bits per heavy atom. The summed E-state index contributed by atoms with van der Waals surface area (Å²) in [6.45, 7) is 1.18. The van der Waals surface area contributed by atoms with Gasteiger partial charge in [0.2, 0.25) is 10.0 Å². The lowest BCUT2D eigenvalue weighted by Crippen LogP contribution is -2.55. The summed E-state index contributed by atoms with van der Waals surface area (Å²) in [5, 5.41) is 15.0. The van der Waals surface area contributed by atoms with Gasteiger partial charge in [0.15, 0.2) is 11.6 Å². The monoisotopic (exact) mass is 529 g/mol. The van der Waals surface area contributed by atoms with Crippen LogP contribution < -0.4 is 4.90 Å². The molecular weight excluding hydrogens is 505 g/mol. The van der Waals surface area contributed by atoms with Crippen molar-refractivity contribution in [1.82, 2.24) is 19.1 Å². The summed E-state index contributed by atoms with van der Waals surface area (Å²) < 4.78 is 42.5. The number of rotatable bonds is 5. The van der Waals surface area contributed by atoms with Gasteiger partial charge < -0.3 is 10.0 Å². The largest absolute Gasteiger partial charge is 0.504 e.